The van der Waals surface area contributed by atoms with Gasteiger partial charge in [-0.1, -0.05) is 12.1 Å². The summed E-state index contributed by atoms with van der Waals surface area (Å²) >= 11 is 0. The smallest absolute Gasteiger partial charge is 0.260 e. The van der Waals surface area contributed by atoms with Crippen LogP contribution in [0, 0.1) is 17.2 Å². The maximum atomic E-state index is 12.9. The van der Waals surface area contributed by atoms with Crippen molar-refractivity contribution in [1.29, 1.82) is 5.26 Å². The summed E-state index contributed by atoms with van der Waals surface area (Å²) in [5.74, 6) is -4.59. The van der Waals surface area contributed by atoms with Crippen molar-refractivity contribution in [3.8, 4) is 6.07 Å². The summed E-state index contributed by atoms with van der Waals surface area (Å²) in [6.45, 7) is 0. The van der Waals surface area contributed by atoms with Gasteiger partial charge in [0.2, 0.25) is 5.91 Å². The van der Waals surface area contributed by atoms with Crippen LogP contribution in [-0.2, 0) is 10.3 Å². The highest BCUT2D eigenvalue weighted by atomic mass is 19.3. The number of benzene rings is 1. The first-order chi connectivity index (χ1) is 8.97. The summed E-state index contributed by atoms with van der Waals surface area (Å²) in [7, 11) is 0. The molecule has 2 fully saturated rings. The number of carbonyl (C=O) groups is 1. The largest absolute Gasteiger partial charge is 0.346 e. The Labute approximate surface area is 109 Å². The van der Waals surface area contributed by atoms with Crippen molar-refractivity contribution >= 4 is 5.91 Å². The topological polar surface area (TPSA) is 52.9 Å². The number of amides is 1. The van der Waals surface area contributed by atoms with E-state index in [9.17, 15) is 13.6 Å². The van der Waals surface area contributed by atoms with Gasteiger partial charge in [-0.2, -0.15) is 5.26 Å². The van der Waals surface area contributed by atoms with Crippen molar-refractivity contribution in [2.24, 2.45) is 5.92 Å². The van der Waals surface area contributed by atoms with Gasteiger partial charge in [0.1, 0.15) is 5.92 Å². The number of rotatable bonds is 3. The summed E-state index contributed by atoms with van der Waals surface area (Å²) in [5, 5.41) is 11.6. The molecule has 2 saturated carbocycles. The molecule has 0 radical (unpaired) electrons. The van der Waals surface area contributed by atoms with Crippen LogP contribution in [0.4, 0.5) is 8.78 Å². The van der Waals surface area contributed by atoms with Crippen LogP contribution in [0.3, 0.4) is 0 Å². The third-order valence-electron chi connectivity index (χ3n) is 3.80. The van der Waals surface area contributed by atoms with Crippen LogP contribution >= 0.6 is 0 Å². The monoisotopic (exact) mass is 262 g/mol. The average Bonchev–Trinajstić information content (AvgIpc) is 3.28. The molecule has 2 aliphatic carbocycles. The molecule has 98 valence electrons. The molecule has 3 nitrogen and oxygen atoms in total. The molecule has 1 aromatic carbocycles. The summed E-state index contributed by atoms with van der Waals surface area (Å²) in [4.78, 5) is 11.7. The highest BCUT2D eigenvalue weighted by Crippen LogP contribution is 2.51. The van der Waals surface area contributed by atoms with Crippen molar-refractivity contribution in [3.05, 3.63) is 35.4 Å². The highest BCUT2D eigenvalue weighted by Gasteiger charge is 2.62. The van der Waals surface area contributed by atoms with Crippen LogP contribution < -0.4 is 5.32 Å². The Morgan fingerprint density at radius 3 is 2.63 bits per heavy atom. The van der Waals surface area contributed by atoms with Crippen molar-refractivity contribution in [1.82, 2.24) is 5.32 Å². The predicted molar refractivity (Wildman–Crippen MR) is 63.3 cm³/mol. The van der Waals surface area contributed by atoms with Crippen LogP contribution in [0.1, 0.15) is 30.4 Å². The van der Waals surface area contributed by atoms with Gasteiger partial charge in [0.15, 0.2) is 0 Å². The van der Waals surface area contributed by atoms with Gasteiger partial charge in [0.05, 0.1) is 17.2 Å². The summed E-state index contributed by atoms with van der Waals surface area (Å²) < 4.78 is 25.7. The summed E-state index contributed by atoms with van der Waals surface area (Å²) in [5.41, 5.74) is 0.793. The van der Waals surface area contributed by atoms with Gasteiger partial charge in [-0.05, 0) is 30.5 Å². The molecule has 0 saturated heterocycles. The molecular formula is C14H12F2N2O. The van der Waals surface area contributed by atoms with Gasteiger partial charge in [-0.15, -0.1) is 0 Å². The molecule has 5 heteroatoms. The minimum Gasteiger partial charge on any atom is -0.346 e. The molecule has 2 aliphatic rings. The molecule has 0 spiro atoms. The maximum Gasteiger partial charge on any atom is 0.260 e. The number of nitriles is 1. The van der Waals surface area contributed by atoms with Gasteiger partial charge in [-0.25, -0.2) is 8.78 Å². The maximum absolute atomic E-state index is 12.9. The predicted octanol–water partition coefficient (Wildman–Crippen LogP) is 2.32. The van der Waals surface area contributed by atoms with E-state index < -0.39 is 23.3 Å². The lowest BCUT2D eigenvalue weighted by molar-refractivity contribution is -0.125. The van der Waals surface area contributed by atoms with Crippen LogP contribution in [0.25, 0.3) is 0 Å². The first kappa shape index (κ1) is 12.1. The third kappa shape index (κ3) is 2.07. The fraction of sp³-hybridized carbons (Fsp3) is 0.429. The third-order valence-corrected chi connectivity index (χ3v) is 3.80. The van der Waals surface area contributed by atoms with E-state index >= 15 is 0 Å². The zero-order chi connectivity index (χ0) is 13.7. The SMILES string of the molecule is N#Cc1cccc(C2(NC(=O)[C@@H]3CC3(F)F)CC2)c1. The molecule has 1 aromatic rings. The van der Waals surface area contributed by atoms with E-state index in [2.05, 4.69) is 5.32 Å². The van der Waals surface area contributed by atoms with E-state index in [0.717, 1.165) is 18.4 Å². The van der Waals surface area contributed by atoms with E-state index in [4.69, 9.17) is 5.26 Å². The highest BCUT2D eigenvalue weighted by molar-refractivity contribution is 5.84. The van der Waals surface area contributed by atoms with E-state index in [1.165, 1.54) is 0 Å². The number of alkyl halides is 2. The lowest BCUT2D eigenvalue weighted by atomic mass is 10.0. The van der Waals surface area contributed by atoms with Gasteiger partial charge in [0.25, 0.3) is 5.92 Å². The molecule has 1 N–H and O–H groups in total. The second kappa shape index (κ2) is 3.77. The molecular weight excluding hydrogens is 250 g/mol. The number of nitrogens with zero attached hydrogens (tertiary/aromatic N) is 1. The van der Waals surface area contributed by atoms with Crippen molar-refractivity contribution in [3.63, 3.8) is 0 Å². The summed E-state index contributed by atoms with van der Waals surface area (Å²) in [6, 6.07) is 8.98. The molecule has 0 heterocycles. The second-order valence-electron chi connectivity index (χ2n) is 5.28. The molecule has 19 heavy (non-hydrogen) atoms. The molecule has 1 atom stereocenters. The van der Waals surface area contributed by atoms with E-state index in [0.29, 0.717) is 5.56 Å². The minimum absolute atomic E-state index is 0.354. The van der Waals surface area contributed by atoms with Gasteiger partial charge in [-0.3, -0.25) is 4.79 Å². The first-order valence-corrected chi connectivity index (χ1v) is 6.17. The van der Waals surface area contributed by atoms with Gasteiger partial charge < -0.3 is 5.32 Å². The van der Waals surface area contributed by atoms with Crippen LogP contribution in [0.5, 0.6) is 0 Å². The number of hydrogen-bond acceptors (Lipinski definition) is 2. The molecule has 0 aromatic heterocycles. The lowest BCUT2D eigenvalue weighted by Gasteiger charge is -2.18. The molecule has 0 aliphatic heterocycles. The van der Waals surface area contributed by atoms with Crippen LogP contribution in [0.2, 0.25) is 0 Å². The van der Waals surface area contributed by atoms with E-state index in [-0.39, 0.29) is 6.42 Å². The number of hydrogen-bond donors (Lipinski definition) is 1. The number of carbonyl (C=O) groups excluding carboxylic acids is 1. The van der Waals surface area contributed by atoms with Gasteiger partial charge >= 0.3 is 0 Å². The zero-order valence-corrected chi connectivity index (χ0v) is 10.1. The Morgan fingerprint density at radius 1 is 1.42 bits per heavy atom. The zero-order valence-electron chi connectivity index (χ0n) is 10.1. The second-order valence-corrected chi connectivity index (χ2v) is 5.28. The van der Waals surface area contributed by atoms with E-state index in [1.54, 1.807) is 18.2 Å². The molecule has 0 unspecified atom stereocenters. The normalized spacial score (nSPS) is 25.2. The standard InChI is InChI=1S/C14H12F2N2O/c15-14(16)7-11(14)12(19)18-13(4-5-13)10-3-1-2-9(6-10)8-17/h1-3,6,11H,4-5,7H2,(H,18,19)/t11-/m0/s1. The quantitative estimate of drug-likeness (QED) is 0.908. The molecule has 0 bridgehead atoms. The van der Waals surface area contributed by atoms with Crippen LogP contribution in [-0.4, -0.2) is 11.8 Å². The first-order valence-electron chi connectivity index (χ1n) is 6.17. The van der Waals surface area contributed by atoms with Crippen LogP contribution in [0.15, 0.2) is 24.3 Å². The molecule has 1 amide bonds. The number of nitrogens with one attached hydrogen (secondary N) is 1. The van der Waals surface area contributed by atoms with Crippen molar-refractivity contribution in [2.45, 2.75) is 30.7 Å². The lowest BCUT2D eigenvalue weighted by Crippen LogP contribution is -2.37. The Bertz CT molecular complexity index is 587. The van der Waals surface area contributed by atoms with E-state index in [1.807, 2.05) is 12.1 Å². The Balaban J connectivity index is 1.77. The average molecular weight is 262 g/mol. The molecule has 3 rings (SSSR count). The fourth-order valence-electron chi connectivity index (χ4n) is 2.32. The Kier molecular flexibility index (Phi) is 2.40. The van der Waals surface area contributed by atoms with Crippen molar-refractivity contribution < 1.29 is 13.6 Å². The Hall–Kier alpha value is -1.96. The minimum atomic E-state index is -2.84. The Morgan fingerprint density at radius 2 is 2.11 bits per heavy atom. The van der Waals surface area contributed by atoms with Gasteiger partial charge in [0, 0.05) is 6.42 Å². The number of halogens is 2. The fourth-order valence-corrected chi connectivity index (χ4v) is 2.32. The van der Waals surface area contributed by atoms with Crippen molar-refractivity contribution in [2.75, 3.05) is 0 Å². The summed E-state index contributed by atoms with van der Waals surface area (Å²) in [6.07, 6.45) is 1.10.